The number of hydrogen-bond acceptors (Lipinski definition) is 4. The van der Waals surface area contributed by atoms with E-state index in [0.717, 1.165) is 18.5 Å². The predicted octanol–water partition coefficient (Wildman–Crippen LogP) is 2.54. The number of hydrogen-bond donors (Lipinski definition) is 1. The van der Waals surface area contributed by atoms with Gasteiger partial charge in [0.2, 0.25) is 5.88 Å². The van der Waals surface area contributed by atoms with Crippen LogP contribution in [0.25, 0.3) is 0 Å². The minimum absolute atomic E-state index is 0.0841. The summed E-state index contributed by atoms with van der Waals surface area (Å²) >= 11 is 0. The molecule has 4 nitrogen and oxygen atoms in total. The molecule has 0 aromatic carbocycles. The summed E-state index contributed by atoms with van der Waals surface area (Å²) in [6.07, 6.45) is 5.60. The lowest BCUT2D eigenvalue weighted by atomic mass is 10.1. The molecule has 0 spiro atoms. The molecular formula is C13H23N3O. The van der Waals surface area contributed by atoms with Crippen LogP contribution in [0.2, 0.25) is 0 Å². The first-order chi connectivity index (χ1) is 8.01. The molecule has 4 heteroatoms. The number of nitrogens with zero attached hydrogens (tertiary/aromatic N) is 2. The van der Waals surface area contributed by atoms with Crippen molar-refractivity contribution in [2.24, 2.45) is 0 Å². The van der Waals surface area contributed by atoms with Gasteiger partial charge in [-0.3, -0.25) is 4.98 Å². The highest BCUT2D eigenvalue weighted by molar-refractivity contribution is 5.08. The van der Waals surface area contributed by atoms with Crippen LogP contribution in [0, 0.1) is 0 Å². The molecule has 0 saturated heterocycles. The molecule has 96 valence electrons. The van der Waals surface area contributed by atoms with Crippen molar-refractivity contribution in [2.45, 2.75) is 52.6 Å². The molecule has 0 aliphatic carbocycles. The quantitative estimate of drug-likeness (QED) is 0.772. The van der Waals surface area contributed by atoms with E-state index in [1.165, 1.54) is 0 Å². The highest BCUT2D eigenvalue weighted by Gasteiger charge is 2.09. The molecular weight excluding hydrogens is 214 g/mol. The van der Waals surface area contributed by atoms with Crippen LogP contribution < -0.4 is 10.1 Å². The number of nitrogens with one attached hydrogen (secondary N) is 1. The molecule has 0 atom stereocenters. The van der Waals surface area contributed by atoms with Gasteiger partial charge in [0.25, 0.3) is 0 Å². The van der Waals surface area contributed by atoms with Gasteiger partial charge in [0.05, 0.1) is 18.5 Å². The van der Waals surface area contributed by atoms with E-state index >= 15 is 0 Å². The van der Waals surface area contributed by atoms with Gasteiger partial charge >= 0.3 is 0 Å². The van der Waals surface area contributed by atoms with Gasteiger partial charge in [-0.15, -0.1) is 0 Å². The zero-order valence-corrected chi connectivity index (χ0v) is 11.3. The summed E-state index contributed by atoms with van der Waals surface area (Å²) in [4.78, 5) is 8.54. The maximum Gasteiger partial charge on any atom is 0.232 e. The van der Waals surface area contributed by atoms with Gasteiger partial charge in [-0.2, -0.15) is 0 Å². The Morgan fingerprint density at radius 1 is 1.29 bits per heavy atom. The Hall–Kier alpha value is -1.16. The van der Waals surface area contributed by atoms with E-state index in [0.29, 0.717) is 19.0 Å². The van der Waals surface area contributed by atoms with E-state index in [4.69, 9.17) is 4.74 Å². The van der Waals surface area contributed by atoms with Crippen LogP contribution in [-0.2, 0) is 6.54 Å². The Kier molecular flexibility index (Phi) is 5.35. The second-order valence-electron chi connectivity index (χ2n) is 5.15. The summed E-state index contributed by atoms with van der Waals surface area (Å²) in [5.41, 5.74) is 0.995. The Balaban J connectivity index is 2.48. The van der Waals surface area contributed by atoms with Crippen LogP contribution >= 0.6 is 0 Å². The highest BCUT2D eigenvalue weighted by Crippen LogP contribution is 2.07. The van der Waals surface area contributed by atoms with Gasteiger partial charge in [0, 0.05) is 18.3 Å². The normalized spacial score (nSPS) is 11.5. The molecule has 0 bridgehead atoms. The SMILES string of the molecule is CCCCOc1cncc(CNC(C)(C)C)n1. The lowest BCUT2D eigenvalue weighted by Crippen LogP contribution is -2.35. The second kappa shape index (κ2) is 6.55. The topological polar surface area (TPSA) is 47.0 Å². The average Bonchev–Trinajstić information content (AvgIpc) is 2.27. The molecule has 1 aromatic heterocycles. The Morgan fingerprint density at radius 3 is 2.71 bits per heavy atom. The van der Waals surface area contributed by atoms with Crippen molar-refractivity contribution in [2.75, 3.05) is 6.61 Å². The third kappa shape index (κ3) is 6.22. The number of aromatic nitrogens is 2. The molecule has 0 amide bonds. The molecule has 0 fully saturated rings. The summed E-state index contributed by atoms with van der Waals surface area (Å²) in [5.74, 6) is 0.617. The molecule has 0 saturated carbocycles. The third-order valence-corrected chi connectivity index (χ3v) is 2.21. The highest BCUT2D eigenvalue weighted by atomic mass is 16.5. The standard InChI is InChI=1S/C13H23N3O/c1-5-6-7-17-12-10-14-8-11(16-12)9-15-13(2,3)4/h8,10,15H,5-7,9H2,1-4H3. The van der Waals surface area contributed by atoms with Crippen molar-refractivity contribution in [1.29, 1.82) is 0 Å². The summed E-state index contributed by atoms with van der Waals surface area (Å²) in [7, 11) is 0. The van der Waals surface area contributed by atoms with E-state index in [1.54, 1.807) is 12.4 Å². The van der Waals surface area contributed by atoms with Crippen LogP contribution in [-0.4, -0.2) is 22.1 Å². The van der Waals surface area contributed by atoms with E-state index in [9.17, 15) is 0 Å². The zero-order chi connectivity index (χ0) is 12.7. The van der Waals surface area contributed by atoms with E-state index in [-0.39, 0.29) is 5.54 Å². The van der Waals surface area contributed by atoms with Crippen molar-refractivity contribution in [1.82, 2.24) is 15.3 Å². The third-order valence-electron chi connectivity index (χ3n) is 2.21. The average molecular weight is 237 g/mol. The van der Waals surface area contributed by atoms with Crippen molar-refractivity contribution in [3.8, 4) is 5.88 Å². The minimum Gasteiger partial charge on any atom is -0.477 e. The summed E-state index contributed by atoms with van der Waals surface area (Å²) in [6.45, 7) is 9.94. The largest absolute Gasteiger partial charge is 0.477 e. The molecule has 0 radical (unpaired) electrons. The molecule has 1 rings (SSSR count). The fourth-order valence-electron chi connectivity index (χ4n) is 1.22. The van der Waals surface area contributed by atoms with E-state index in [2.05, 4.69) is 43.0 Å². The maximum atomic E-state index is 5.52. The van der Waals surface area contributed by atoms with Crippen LogP contribution in [0.4, 0.5) is 0 Å². The molecule has 1 aromatic rings. The van der Waals surface area contributed by atoms with E-state index in [1.807, 2.05) is 0 Å². The number of rotatable bonds is 6. The van der Waals surface area contributed by atoms with Crippen LogP contribution in [0.3, 0.4) is 0 Å². The second-order valence-corrected chi connectivity index (χ2v) is 5.15. The number of unbranched alkanes of at least 4 members (excludes halogenated alkanes) is 1. The molecule has 0 aliphatic heterocycles. The van der Waals surface area contributed by atoms with Crippen LogP contribution in [0.15, 0.2) is 12.4 Å². The van der Waals surface area contributed by atoms with Gasteiger partial charge in [-0.05, 0) is 27.2 Å². The van der Waals surface area contributed by atoms with Crippen LogP contribution in [0.5, 0.6) is 5.88 Å². The first-order valence-electron chi connectivity index (χ1n) is 6.20. The van der Waals surface area contributed by atoms with Crippen molar-refractivity contribution in [3.05, 3.63) is 18.1 Å². The van der Waals surface area contributed by atoms with Gasteiger partial charge in [-0.1, -0.05) is 13.3 Å². The summed E-state index contributed by atoms with van der Waals surface area (Å²) in [5, 5.41) is 3.37. The Labute approximate surface area is 104 Å². The fraction of sp³-hybridized carbons (Fsp3) is 0.692. The first-order valence-corrected chi connectivity index (χ1v) is 6.20. The lowest BCUT2D eigenvalue weighted by Gasteiger charge is -2.20. The molecule has 1 heterocycles. The van der Waals surface area contributed by atoms with E-state index < -0.39 is 0 Å². The smallest absolute Gasteiger partial charge is 0.232 e. The lowest BCUT2D eigenvalue weighted by molar-refractivity contribution is 0.294. The zero-order valence-electron chi connectivity index (χ0n) is 11.3. The molecule has 0 aliphatic rings. The molecule has 1 N–H and O–H groups in total. The monoisotopic (exact) mass is 237 g/mol. The summed E-state index contributed by atoms with van der Waals surface area (Å²) in [6, 6.07) is 0. The van der Waals surface area contributed by atoms with Crippen molar-refractivity contribution in [3.63, 3.8) is 0 Å². The van der Waals surface area contributed by atoms with Crippen molar-refractivity contribution < 1.29 is 4.74 Å². The fourth-order valence-corrected chi connectivity index (χ4v) is 1.22. The van der Waals surface area contributed by atoms with Crippen molar-refractivity contribution >= 4 is 0 Å². The van der Waals surface area contributed by atoms with Gasteiger partial charge < -0.3 is 10.1 Å². The first kappa shape index (κ1) is 13.9. The summed E-state index contributed by atoms with van der Waals surface area (Å²) < 4.78 is 5.52. The molecule has 0 unspecified atom stereocenters. The minimum atomic E-state index is 0.0841. The Bertz CT molecular complexity index is 334. The Morgan fingerprint density at radius 2 is 2.06 bits per heavy atom. The van der Waals surface area contributed by atoms with Gasteiger partial charge in [-0.25, -0.2) is 4.98 Å². The maximum absolute atomic E-state index is 5.52. The predicted molar refractivity (Wildman–Crippen MR) is 69.0 cm³/mol. The van der Waals surface area contributed by atoms with Gasteiger partial charge in [0.15, 0.2) is 0 Å². The molecule has 17 heavy (non-hydrogen) atoms. The number of ether oxygens (including phenoxy) is 1. The van der Waals surface area contributed by atoms with Gasteiger partial charge in [0.1, 0.15) is 0 Å². The van der Waals surface area contributed by atoms with Crippen LogP contribution in [0.1, 0.15) is 46.2 Å².